The average molecular weight is 318 g/mol. The molecule has 112 valence electrons. The monoisotopic (exact) mass is 318 g/mol. The van der Waals surface area contributed by atoms with E-state index in [-0.39, 0.29) is 22.9 Å². The molecule has 1 heterocycles. The van der Waals surface area contributed by atoms with Gasteiger partial charge in [-0.25, -0.2) is 13.6 Å². The third-order valence-electron chi connectivity index (χ3n) is 3.23. The van der Waals surface area contributed by atoms with Crippen LogP contribution in [-0.4, -0.2) is 33.1 Å². The number of rotatable bonds is 5. The van der Waals surface area contributed by atoms with Crippen LogP contribution in [-0.2, 0) is 14.8 Å². The van der Waals surface area contributed by atoms with Gasteiger partial charge in [0.05, 0.1) is 15.9 Å². The van der Waals surface area contributed by atoms with Crippen LogP contribution >= 0.6 is 11.3 Å². The SMILES string of the molecule is CCOC1CC(NC(=O)c2cc(S(N)(=O)=O)c(C)s2)C1. The third kappa shape index (κ3) is 3.38. The Morgan fingerprint density at radius 2 is 2.20 bits per heavy atom. The van der Waals surface area contributed by atoms with E-state index in [2.05, 4.69) is 5.32 Å². The van der Waals surface area contributed by atoms with Crippen molar-refractivity contribution in [3.8, 4) is 0 Å². The maximum absolute atomic E-state index is 12.0. The lowest BCUT2D eigenvalue weighted by Gasteiger charge is -2.35. The number of primary sulfonamides is 1. The van der Waals surface area contributed by atoms with Crippen molar-refractivity contribution in [2.75, 3.05) is 6.61 Å². The van der Waals surface area contributed by atoms with Gasteiger partial charge in [-0.2, -0.15) is 0 Å². The molecule has 2 rings (SSSR count). The minimum atomic E-state index is -3.77. The zero-order valence-corrected chi connectivity index (χ0v) is 13.0. The molecule has 8 heteroatoms. The molecule has 0 bridgehead atoms. The van der Waals surface area contributed by atoms with Crippen LogP contribution in [0.25, 0.3) is 0 Å². The number of hydrogen-bond acceptors (Lipinski definition) is 5. The van der Waals surface area contributed by atoms with E-state index in [9.17, 15) is 13.2 Å². The van der Waals surface area contributed by atoms with Gasteiger partial charge >= 0.3 is 0 Å². The fourth-order valence-corrected chi connectivity index (χ4v) is 4.22. The average Bonchev–Trinajstić information content (AvgIpc) is 2.68. The molecule has 1 saturated carbocycles. The Hall–Kier alpha value is -0.960. The summed E-state index contributed by atoms with van der Waals surface area (Å²) in [7, 11) is -3.77. The second kappa shape index (κ2) is 5.80. The van der Waals surface area contributed by atoms with Crippen molar-refractivity contribution in [2.24, 2.45) is 5.14 Å². The number of nitrogens with one attached hydrogen (secondary N) is 1. The van der Waals surface area contributed by atoms with E-state index in [1.54, 1.807) is 6.92 Å². The minimum Gasteiger partial charge on any atom is -0.378 e. The number of amides is 1. The summed E-state index contributed by atoms with van der Waals surface area (Å²) in [6.07, 6.45) is 1.81. The van der Waals surface area contributed by atoms with Gasteiger partial charge in [0.25, 0.3) is 5.91 Å². The summed E-state index contributed by atoms with van der Waals surface area (Å²) in [4.78, 5) is 12.9. The molecule has 0 spiro atoms. The molecule has 0 aromatic carbocycles. The lowest BCUT2D eigenvalue weighted by atomic mass is 9.89. The number of hydrogen-bond donors (Lipinski definition) is 2. The second-order valence-electron chi connectivity index (χ2n) is 4.80. The van der Waals surface area contributed by atoms with Crippen molar-refractivity contribution in [3.63, 3.8) is 0 Å². The molecule has 6 nitrogen and oxygen atoms in total. The van der Waals surface area contributed by atoms with E-state index in [1.807, 2.05) is 6.92 Å². The Morgan fingerprint density at radius 1 is 1.55 bits per heavy atom. The molecule has 20 heavy (non-hydrogen) atoms. The molecule has 1 aromatic heterocycles. The van der Waals surface area contributed by atoms with Crippen molar-refractivity contribution in [1.29, 1.82) is 0 Å². The zero-order chi connectivity index (χ0) is 14.9. The summed E-state index contributed by atoms with van der Waals surface area (Å²) in [5, 5.41) is 7.96. The molecule has 1 fully saturated rings. The van der Waals surface area contributed by atoms with Crippen LogP contribution in [0.3, 0.4) is 0 Å². The molecule has 0 unspecified atom stereocenters. The minimum absolute atomic E-state index is 0.0217. The molecular formula is C12H18N2O4S2. The second-order valence-corrected chi connectivity index (χ2v) is 7.58. The van der Waals surface area contributed by atoms with Crippen LogP contribution in [0.1, 0.15) is 34.3 Å². The summed E-state index contributed by atoms with van der Waals surface area (Å²) in [6.45, 7) is 4.25. The number of carbonyl (C=O) groups excluding carboxylic acids is 1. The van der Waals surface area contributed by atoms with Gasteiger partial charge in [0.2, 0.25) is 10.0 Å². The van der Waals surface area contributed by atoms with Crippen LogP contribution in [0.4, 0.5) is 0 Å². The Bertz CT molecular complexity index is 603. The predicted molar refractivity (Wildman–Crippen MR) is 76.3 cm³/mol. The van der Waals surface area contributed by atoms with Gasteiger partial charge in [-0.05, 0) is 32.8 Å². The highest BCUT2D eigenvalue weighted by Gasteiger charge is 2.31. The van der Waals surface area contributed by atoms with E-state index in [0.717, 1.165) is 24.2 Å². The summed E-state index contributed by atoms with van der Waals surface area (Å²) in [5.41, 5.74) is 0. The van der Waals surface area contributed by atoms with Crippen LogP contribution in [0.15, 0.2) is 11.0 Å². The molecule has 0 radical (unpaired) electrons. The first kappa shape index (κ1) is 15.4. The van der Waals surface area contributed by atoms with Gasteiger partial charge in [-0.15, -0.1) is 11.3 Å². The molecule has 0 aliphatic heterocycles. The maximum atomic E-state index is 12.0. The van der Waals surface area contributed by atoms with Gasteiger partial charge in [0, 0.05) is 17.5 Å². The molecule has 1 aliphatic rings. The number of aryl methyl sites for hydroxylation is 1. The van der Waals surface area contributed by atoms with Gasteiger partial charge in [-0.1, -0.05) is 0 Å². The third-order valence-corrected chi connectivity index (χ3v) is 5.45. The van der Waals surface area contributed by atoms with Crippen LogP contribution in [0.5, 0.6) is 0 Å². The smallest absolute Gasteiger partial charge is 0.261 e. The topological polar surface area (TPSA) is 98.5 Å². The van der Waals surface area contributed by atoms with Crippen LogP contribution in [0, 0.1) is 6.92 Å². The van der Waals surface area contributed by atoms with E-state index in [4.69, 9.17) is 9.88 Å². The summed E-state index contributed by atoms with van der Waals surface area (Å²) >= 11 is 1.13. The van der Waals surface area contributed by atoms with Gasteiger partial charge in [-0.3, -0.25) is 4.79 Å². The van der Waals surface area contributed by atoms with Gasteiger partial charge in [0.15, 0.2) is 0 Å². The van der Waals surface area contributed by atoms with E-state index in [1.165, 1.54) is 6.07 Å². The van der Waals surface area contributed by atoms with E-state index >= 15 is 0 Å². The Labute approximate surface area is 122 Å². The maximum Gasteiger partial charge on any atom is 0.261 e. The molecule has 1 aromatic rings. The number of sulfonamides is 1. The standard InChI is InChI=1S/C12H18N2O4S2/c1-3-18-9-4-8(5-9)14-12(15)10-6-11(7(2)19-10)20(13,16)17/h6,8-9H,3-5H2,1-2H3,(H,14,15)(H2,13,16,17). The first-order valence-electron chi connectivity index (χ1n) is 6.37. The Kier molecular flexibility index (Phi) is 4.48. The van der Waals surface area contributed by atoms with Crippen LogP contribution in [0.2, 0.25) is 0 Å². The lowest BCUT2D eigenvalue weighted by Crippen LogP contribution is -2.47. The molecule has 0 atom stereocenters. The normalized spacial score (nSPS) is 22.4. The fraction of sp³-hybridized carbons (Fsp3) is 0.583. The highest BCUT2D eigenvalue weighted by Crippen LogP contribution is 2.27. The molecule has 0 saturated heterocycles. The zero-order valence-electron chi connectivity index (χ0n) is 11.4. The quantitative estimate of drug-likeness (QED) is 0.846. The Morgan fingerprint density at radius 3 is 2.70 bits per heavy atom. The van der Waals surface area contributed by atoms with Crippen molar-refractivity contribution < 1.29 is 17.9 Å². The molecule has 1 aliphatic carbocycles. The summed E-state index contributed by atoms with van der Waals surface area (Å²) < 4.78 is 28.1. The van der Waals surface area contributed by atoms with E-state index < -0.39 is 10.0 Å². The molecule has 1 amide bonds. The van der Waals surface area contributed by atoms with Crippen LogP contribution < -0.4 is 10.5 Å². The first-order valence-corrected chi connectivity index (χ1v) is 8.73. The number of carbonyl (C=O) groups is 1. The van der Waals surface area contributed by atoms with Gasteiger partial charge < -0.3 is 10.1 Å². The number of ether oxygens (including phenoxy) is 1. The van der Waals surface area contributed by atoms with Crippen molar-refractivity contribution >= 4 is 27.3 Å². The van der Waals surface area contributed by atoms with Crippen molar-refractivity contribution in [2.45, 2.75) is 43.7 Å². The fourth-order valence-electron chi connectivity index (χ4n) is 2.17. The summed E-state index contributed by atoms with van der Waals surface area (Å²) in [5.74, 6) is -0.257. The van der Waals surface area contributed by atoms with E-state index in [0.29, 0.717) is 16.4 Å². The molecular weight excluding hydrogens is 300 g/mol. The predicted octanol–water partition coefficient (Wildman–Crippen LogP) is 1.00. The Balaban J connectivity index is 1.98. The van der Waals surface area contributed by atoms with Crippen molar-refractivity contribution in [1.82, 2.24) is 5.32 Å². The number of nitrogens with two attached hydrogens (primary N) is 1. The van der Waals surface area contributed by atoms with Crippen molar-refractivity contribution in [3.05, 3.63) is 15.8 Å². The number of thiophene rings is 1. The first-order chi connectivity index (χ1) is 9.31. The highest BCUT2D eigenvalue weighted by atomic mass is 32.2. The molecule has 3 N–H and O–H groups in total. The highest BCUT2D eigenvalue weighted by molar-refractivity contribution is 7.89. The largest absolute Gasteiger partial charge is 0.378 e. The lowest BCUT2D eigenvalue weighted by molar-refractivity contribution is -0.00859. The van der Waals surface area contributed by atoms with Gasteiger partial charge in [0.1, 0.15) is 0 Å². The summed E-state index contributed by atoms with van der Waals surface area (Å²) in [6, 6.07) is 1.43.